The summed E-state index contributed by atoms with van der Waals surface area (Å²) in [5.41, 5.74) is 3.86. The van der Waals surface area contributed by atoms with Crippen molar-refractivity contribution in [3.63, 3.8) is 0 Å². The number of hydrogen-bond donors (Lipinski definition) is 0. The molecule has 0 aliphatic heterocycles. The molecule has 0 fully saturated rings. The molecular weight excluding hydrogens is 266 g/mol. The largest absolute Gasteiger partial charge is 0.341 e. The van der Waals surface area contributed by atoms with Crippen LogP contribution >= 0.6 is 0 Å². The van der Waals surface area contributed by atoms with Crippen molar-refractivity contribution in [1.29, 1.82) is 0 Å². The Balaban J connectivity index is 1.72. The second kappa shape index (κ2) is 7.46. The van der Waals surface area contributed by atoms with Gasteiger partial charge < -0.3 is 4.90 Å². The Bertz CT molecular complexity index is 623. The van der Waals surface area contributed by atoms with Crippen molar-refractivity contribution in [3.05, 3.63) is 96.6 Å². The fourth-order valence-electron chi connectivity index (χ4n) is 2.66. The minimum atomic E-state index is 1.00. The van der Waals surface area contributed by atoms with Crippen LogP contribution in [0.4, 0.5) is 11.4 Å². The van der Waals surface area contributed by atoms with Gasteiger partial charge in [-0.05, 0) is 48.7 Å². The highest BCUT2D eigenvalue weighted by Gasteiger charge is 2.08. The van der Waals surface area contributed by atoms with E-state index in [0.717, 1.165) is 19.4 Å². The second-order valence-electron chi connectivity index (χ2n) is 5.33. The van der Waals surface area contributed by atoms with E-state index in [1.54, 1.807) is 0 Å². The molecule has 1 nitrogen and oxygen atoms in total. The third-order valence-electron chi connectivity index (χ3n) is 3.77. The highest BCUT2D eigenvalue weighted by Crippen LogP contribution is 2.25. The van der Waals surface area contributed by atoms with Gasteiger partial charge in [0.1, 0.15) is 0 Å². The summed E-state index contributed by atoms with van der Waals surface area (Å²) >= 11 is 0. The molecule has 0 aliphatic rings. The molecule has 109 valence electrons. The summed E-state index contributed by atoms with van der Waals surface area (Å²) < 4.78 is 0. The van der Waals surface area contributed by atoms with Crippen molar-refractivity contribution in [3.8, 4) is 0 Å². The van der Waals surface area contributed by atoms with E-state index in [4.69, 9.17) is 0 Å². The standard InChI is InChI=1S/C21H20N/c1-4-11-19(12-5-1)13-10-18-22(20-14-6-2-7-15-20)21-16-8-3-9-17-21/h1-2,4-9,11-12,14-17H,10,13,18H2. The van der Waals surface area contributed by atoms with Gasteiger partial charge in [0.2, 0.25) is 0 Å². The lowest BCUT2D eigenvalue weighted by atomic mass is 10.1. The number of anilines is 2. The van der Waals surface area contributed by atoms with Gasteiger partial charge in [-0.25, -0.2) is 0 Å². The minimum absolute atomic E-state index is 1.00. The first-order valence-corrected chi connectivity index (χ1v) is 7.76. The van der Waals surface area contributed by atoms with E-state index in [-0.39, 0.29) is 0 Å². The highest BCUT2D eigenvalue weighted by atomic mass is 15.1. The van der Waals surface area contributed by atoms with Crippen LogP contribution in [0.3, 0.4) is 0 Å². The summed E-state index contributed by atoms with van der Waals surface area (Å²) in [5, 5.41) is 0. The van der Waals surface area contributed by atoms with E-state index in [1.807, 2.05) is 12.1 Å². The lowest BCUT2D eigenvalue weighted by Crippen LogP contribution is -2.18. The monoisotopic (exact) mass is 286 g/mol. The average molecular weight is 286 g/mol. The van der Waals surface area contributed by atoms with Crippen molar-refractivity contribution < 1.29 is 0 Å². The molecule has 3 aromatic carbocycles. The first kappa shape index (κ1) is 14.4. The molecular formula is C21H20N. The summed E-state index contributed by atoms with van der Waals surface area (Å²) in [4.78, 5) is 2.37. The van der Waals surface area contributed by atoms with E-state index in [0.29, 0.717) is 0 Å². The Hall–Kier alpha value is -2.54. The lowest BCUT2D eigenvalue weighted by molar-refractivity contribution is 0.807. The van der Waals surface area contributed by atoms with Gasteiger partial charge in [-0.15, -0.1) is 0 Å². The smallest absolute Gasteiger partial charge is 0.0411 e. The lowest BCUT2D eigenvalue weighted by Gasteiger charge is -2.25. The molecule has 22 heavy (non-hydrogen) atoms. The van der Waals surface area contributed by atoms with Crippen LogP contribution in [0.15, 0.2) is 84.9 Å². The van der Waals surface area contributed by atoms with Crippen LogP contribution in [0.25, 0.3) is 0 Å². The van der Waals surface area contributed by atoms with Crippen LogP contribution < -0.4 is 4.90 Å². The first-order valence-electron chi connectivity index (χ1n) is 7.76. The van der Waals surface area contributed by atoms with Gasteiger partial charge in [0.25, 0.3) is 0 Å². The molecule has 0 spiro atoms. The molecule has 3 rings (SSSR count). The fraction of sp³-hybridized carbons (Fsp3) is 0.143. The van der Waals surface area contributed by atoms with Gasteiger partial charge in [0.05, 0.1) is 0 Å². The van der Waals surface area contributed by atoms with Crippen molar-refractivity contribution in [2.75, 3.05) is 11.4 Å². The average Bonchev–Trinajstić information content (AvgIpc) is 2.61. The van der Waals surface area contributed by atoms with Gasteiger partial charge in [0.15, 0.2) is 0 Å². The van der Waals surface area contributed by atoms with E-state index in [1.165, 1.54) is 16.9 Å². The molecule has 0 bridgehead atoms. The summed E-state index contributed by atoms with van der Waals surface area (Å²) in [7, 11) is 0. The number of rotatable bonds is 6. The third-order valence-corrected chi connectivity index (χ3v) is 3.77. The zero-order valence-corrected chi connectivity index (χ0v) is 12.7. The van der Waals surface area contributed by atoms with Crippen molar-refractivity contribution >= 4 is 11.4 Å². The Kier molecular flexibility index (Phi) is 4.88. The van der Waals surface area contributed by atoms with Gasteiger partial charge in [-0.2, -0.15) is 0 Å². The van der Waals surface area contributed by atoms with E-state index in [2.05, 4.69) is 83.8 Å². The molecule has 1 radical (unpaired) electrons. The SMILES string of the molecule is [c]1ccc(N(CCCc2ccccc2)c2ccccc2)cc1. The van der Waals surface area contributed by atoms with Crippen LogP contribution in [0, 0.1) is 6.07 Å². The zero-order valence-electron chi connectivity index (χ0n) is 12.7. The van der Waals surface area contributed by atoms with Crippen molar-refractivity contribution in [2.24, 2.45) is 0 Å². The Morgan fingerprint density at radius 2 is 1.27 bits per heavy atom. The van der Waals surface area contributed by atoms with Gasteiger partial charge in [0, 0.05) is 17.9 Å². The molecule has 0 unspecified atom stereocenters. The maximum absolute atomic E-state index is 3.09. The maximum Gasteiger partial charge on any atom is 0.0411 e. The molecule has 0 saturated carbocycles. The third kappa shape index (κ3) is 3.76. The predicted molar refractivity (Wildman–Crippen MR) is 93.5 cm³/mol. The molecule has 1 heteroatoms. The number of para-hydroxylation sites is 1. The molecule has 0 saturated heterocycles. The normalized spacial score (nSPS) is 10.4. The Labute approximate surface area is 132 Å². The van der Waals surface area contributed by atoms with Gasteiger partial charge in [-0.3, -0.25) is 0 Å². The molecule has 0 aliphatic carbocycles. The van der Waals surface area contributed by atoms with Crippen LogP contribution in [0.1, 0.15) is 12.0 Å². The summed E-state index contributed by atoms with van der Waals surface area (Å²) in [6, 6.07) is 32.5. The topological polar surface area (TPSA) is 3.24 Å². The van der Waals surface area contributed by atoms with E-state index in [9.17, 15) is 0 Å². The van der Waals surface area contributed by atoms with Crippen LogP contribution in [-0.2, 0) is 6.42 Å². The van der Waals surface area contributed by atoms with Crippen LogP contribution in [-0.4, -0.2) is 6.54 Å². The van der Waals surface area contributed by atoms with Crippen molar-refractivity contribution in [1.82, 2.24) is 0 Å². The molecule has 0 N–H and O–H groups in total. The van der Waals surface area contributed by atoms with Crippen LogP contribution in [0.2, 0.25) is 0 Å². The number of nitrogens with zero attached hydrogens (tertiary/aromatic N) is 1. The van der Waals surface area contributed by atoms with Gasteiger partial charge in [-0.1, -0.05) is 60.7 Å². The Morgan fingerprint density at radius 3 is 1.95 bits per heavy atom. The molecule has 0 atom stereocenters. The molecule has 0 heterocycles. The Morgan fingerprint density at radius 1 is 0.682 bits per heavy atom. The van der Waals surface area contributed by atoms with Crippen molar-refractivity contribution in [2.45, 2.75) is 12.8 Å². The first-order chi connectivity index (χ1) is 10.9. The number of benzene rings is 3. The summed E-state index contributed by atoms with van der Waals surface area (Å²) in [6.45, 7) is 1.00. The molecule has 0 amide bonds. The van der Waals surface area contributed by atoms with E-state index >= 15 is 0 Å². The summed E-state index contributed by atoms with van der Waals surface area (Å²) in [6.07, 6.45) is 2.22. The summed E-state index contributed by atoms with van der Waals surface area (Å²) in [5.74, 6) is 0. The maximum atomic E-state index is 3.09. The zero-order chi connectivity index (χ0) is 15.0. The van der Waals surface area contributed by atoms with E-state index < -0.39 is 0 Å². The van der Waals surface area contributed by atoms with Crippen LogP contribution in [0.5, 0.6) is 0 Å². The number of aryl methyl sites for hydroxylation is 1. The molecule has 3 aromatic rings. The fourth-order valence-corrected chi connectivity index (χ4v) is 2.66. The quantitative estimate of drug-likeness (QED) is 0.597. The molecule has 0 aromatic heterocycles. The second-order valence-corrected chi connectivity index (χ2v) is 5.33. The highest BCUT2D eigenvalue weighted by molar-refractivity contribution is 5.62. The minimum Gasteiger partial charge on any atom is -0.341 e. The number of hydrogen-bond acceptors (Lipinski definition) is 1. The predicted octanol–water partition coefficient (Wildman–Crippen LogP) is 5.26. The van der Waals surface area contributed by atoms with Gasteiger partial charge >= 0.3 is 0 Å².